The van der Waals surface area contributed by atoms with Gasteiger partial charge < -0.3 is 4.90 Å². The Bertz CT molecular complexity index is 643. The first-order valence-electron chi connectivity index (χ1n) is 6.35. The first-order valence-corrected chi connectivity index (χ1v) is 6.35. The molecule has 1 heterocycles. The number of Topliss-reactive ketones (excluding diaryl/α,β-unsaturated/α-hetero) is 1. The van der Waals surface area contributed by atoms with E-state index in [1.807, 2.05) is 0 Å². The highest BCUT2D eigenvalue weighted by Crippen LogP contribution is 2.31. The molecule has 0 bridgehead atoms. The molecule has 5 nitrogen and oxygen atoms in total. The quantitative estimate of drug-likeness (QED) is 0.791. The zero-order chi connectivity index (χ0) is 15.9. The van der Waals surface area contributed by atoms with Crippen molar-refractivity contribution in [2.45, 2.75) is 19.9 Å². The third-order valence-electron chi connectivity index (χ3n) is 3.45. The van der Waals surface area contributed by atoms with Crippen LogP contribution in [0.2, 0.25) is 0 Å². The predicted molar refractivity (Wildman–Crippen MR) is 70.9 cm³/mol. The van der Waals surface area contributed by atoms with Gasteiger partial charge in [-0.15, -0.1) is 0 Å². The zero-order valence-electron chi connectivity index (χ0n) is 11.8. The lowest BCUT2D eigenvalue weighted by molar-refractivity contribution is -0.131. The normalized spacial score (nSPS) is 13.9. The summed E-state index contributed by atoms with van der Waals surface area (Å²) in [5, 5.41) is 0. The van der Waals surface area contributed by atoms with E-state index < -0.39 is 41.3 Å². The Labute approximate surface area is 120 Å². The van der Waals surface area contributed by atoms with Crippen molar-refractivity contribution < 1.29 is 23.2 Å². The van der Waals surface area contributed by atoms with Crippen molar-refractivity contribution in [3.63, 3.8) is 0 Å². The van der Waals surface area contributed by atoms with Gasteiger partial charge in [-0.2, -0.15) is 0 Å². The van der Waals surface area contributed by atoms with E-state index in [4.69, 9.17) is 0 Å². The van der Waals surface area contributed by atoms with Crippen molar-refractivity contribution in [2.75, 3.05) is 18.5 Å². The zero-order valence-corrected chi connectivity index (χ0v) is 11.8. The van der Waals surface area contributed by atoms with Crippen molar-refractivity contribution in [3.05, 3.63) is 29.3 Å². The summed E-state index contributed by atoms with van der Waals surface area (Å²) in [6, 6.07) is 1.31. The number of benzene rings is 1. The number of amides is 2. The molecule has 112 valence electrons. The number of carbonyl (C=O) groups is 3. The van der Waals surface area contributed by atoms with Crippen LogP contribution in [0.15, 0.2) is 12.1 Å². The number of ketones is 1. The standard InChI is InChI=1S/C14H14F2N2O3/c1-7(2)17(3)11(19)6-18-10-5-8(15)4-9(16)12(10)13(20)14(18)21/h4-5,7H,6H2,1-3H3. The fourth-order valence-electron chi connectivity index (χ4n) is 2.03. The molecule has 1 aliphatic rings. The van der Waals surface area contributed by atoms with Crippen LogP contribution in [-0.2, 0) is 9.59 Å². The molecule has 0 radical (unpaired) electrons. The molecule has 2 rings (SSSR count). The van der Waals surface area contributed by atoms with Crippen LogP contribution < -0.4 is 4.90 Å². The summed E-state index contributed by atoms with van der Waals surface area (Å²) >= 11 is 0. The molecule has 0 atom stereocenters. The molecule has 0 aromatic heterocycles. The number of halogens is 2. The van der Waals surface area contributed by atoms with Crippen molar-refractivity contribution in [1.82, 2.24) is 4.90 Å². The highest BCUT2D eigenvalue weighted by Gasteiger charge is 2.40. The van der Waals surface area contributed by atoms with E-state index in [2.05, 4.69) is 0 Å². The minimum absolute atomic E-state index is 0.102. The van der Waals surface area contributed by atoms with Gasteiger partial charge in [0.1, 0.15) is 18.2 Å². The molecule has 1 aromatic carbocycles. The third kappa shape index (κ3) is 2.51. The number of hydrogen-bond donors (Lipinski definition) is 0. The van der Waals surface area contributed by atoms with E-state index in [-0.39, 0.29) is 11.7 Å². The van der Waals surface area contributed by atoms with Crippen LogP contribution in [-0.4, -0.2) is 42.1 Å². The Morgan fingerprint density at radius 3 is 2.48 bits per heavy atom. The summed E-state index contributed by atoms with van der Waals surface area (Å²) in [5.41, 5.74) is -0.686. The summed E-state index contributed by atoms with van der Waals surface area (Å²) in [4.78, 5) is 37.8. The van der Waals surface area contributed by atoms with E-state index in [0.717, 1.165) is 11.0 Å². The highest BCUT2D eigenvalue weighted by atomic mass is 19.1. The lowest BCUT2D eigenvalue weighted by Crippen LogP contribution is -2.43. The van der Waals surface area contributed by atoms with Crippen molar-refractivity contribution in [1.29, 1.82) is 0 Å². The Morgan fingerprint density at radius 1 is 1.29 bits per heavy atom. The summed E-state index contributed by atoms with van der Waals surface area (Å²) in [6.07, 6.45) is 0. The molecule has 0 saturated heterocycles. The average Bonchev–Trinajstić information content (AvgIpc) is 2.62. The minimum Gasteiger partial charge on any atom is -0.342 e. The Kier molecular flexibility index (Phi) is 3.76. The summed E-state index contributed by atoms with van der Waals surface area (Å²) in [6.45, 7) is 3.12. The number of rotatable bonds is 3. The maximum Gasteiger partial charge on any atom is 0.300 e. The molecule has 0 fully saturated rings. The van der Waals surface area contributed by atoms with Gasteiger partial charge in [-0.1, -0.05) is 0 Å². The van der Waals surface area contributed by atoms with E-state index in [1.54, 1.807) is 20.9 Å². The fourth-order valence-corrected chi connectivity index (χ4v) is 2.03. The van der Waals surface area contributed by atoms with Crippen LogP contribution in [0.3, 0.4) is 0 Å². The predicted octanol–water partition coefficient (Wildman–Crippen LogP) is 1.36. The molecule has 0 N–H and O–H groups in total. The summed E-state index contributed by atoms with van der Waals surface area (Å²) in [5.74, 6) is -4.54. The Balaban J connectivity index is 2.38. The second-order valence-electron chi connectivity index (χ2n) is 5.10. The highest BCUT2D eigenvalue weighted by molar-refractivity contribution is 6.52. The minimum atomic E-state index is -1.10. The van der Waals surface area contributed by atoms with Crippen molar-refractivity contribution >= 4 is 23.3 Å². The van der Waals surface area contributed by atoms with Gasteiger partial charge in [0.05, 0.1) is 11.3 Å². The van der Waals surface area contributed by atoms with E-state index in [0.29, 0.717) is 6.07 Å². The molecule has 7 heteroatoms. The molecule has 0 spiro atoms. The number of hydrogen-bond acceptors (Lipinski definition) is 3. The van der Waals surface area contributed by atoms with Gasteiger partial charge in [0.25, 0.3) is 11.7 Å². The van der Waals surface area contributed by atoms with Gasteiger partial charge in [0, 0.05) is 19.2 Å². The Hall–Kier alpha value is -2.31. The number of fused-ring (bicyclic) bond motifs is 1. The van der Waals surface area contributed by atoms with Gasteiger partial charge in [0.15, 0.2) is 0 Å². The number of anilines is 1. The van der Waals surface area contributed by atoms with Gasteiger partial charge in [-0.3, -0.25) is 19.3 Å². The average molecular weight is 296 g/mol. The van der Waals surface area contributed by atoms with Gasteiger partial charge >= 0.3 is 0 Å². The lowest BCUT2D eigenvalue weighted by atomic mass is 10.1. The number of carbonyl (C=O) groups excluding carboxylic acids is 3. The van der Waals surface area contributed by atoms with Crippen LogP contribution >= 0.6 is 0 Å². The van der Waals surface area contributed by atoms with Crippen LogP contribution in [0, 0.1) is 11.6 Å². The monoisotopic (exact) mass is 296 g/mol. The van der Waals surface area contributed by atoms with Crippen molar-refractivity contribution in [2.24, 2.45) is 0 Å². The van der Waals surface area contributed by atoms with Crippen LogP contribution in [0.4, 0.5) is 14.5 Å². The second kappa shape index (κ2) is 5.23. The van der Waals surface area contributed by atoms with E-state index in [1.165, 1.54) is 4.90 Å². The van der Waals surface area contributed by atoms with Crippen molar-refractivity contribution in [3.8, 4) is 0 Å². The topological polar surface area (TPSA) is 57.7 Å². The molecule has 0 saturated carbocycles. The molecule has 21 heavy (non-hydrogen) atoms. The first kappa shape index (κ1) is 15.1. The smallest absolute Gasteiger partial charge is 0.300 e. The molecular formula is C14H14F2N2O3. The molecular weight excluding hydrogens is 282 g/mol. The molecule has 0 aliphatic carbocycles. The molecule has 1 aliphatic heterocycles. The lowest BCUT2D eigenvalue weighted by Gasteiger charge is -2.24. The van der Waals surface area contributed by atoms with E-state index >= 15 is 0 Å². The second-order valence-corrected chi connectivity index (χ2v) is 5.10. The maximum absolute atomic E-state index is 13.6. The Morgan fingerprint density at radius 2 is 1.90 bits per heavy atom. The summed E-state index contributed by atoms with van der Waals surface area (Å²) < 4.78 is 26.9. The number of nitrogens with zero attached hydrogens (tertiary/aromatic N) is 2. The van der Waals surface area contributed by atoms with Gasteiger partial charge in [-0.25, -0.2) is 8.78 Å². The largest absolute Gasteiger partial charge is 0.342 e. The molecule has 0 unspecified atom stereocenters. The number of likely N-dealkylation sites (N-methyl/N-ethyl adjacent to an activating group) is 1. The molecule has 2 amide bonds. The van der Waals surface area contributed by atoms with Crippen LogP contribution in [0.5, 0.6) is 0 Å². The summed E-state index contributed by atoms with van der Waals surface area (Å²) in [7, 11) is 1.54. The fraction of sp³-hybridized carbons (Fsp3) is 0.357. The third-order valence-corrected chi connectivity index (χ3v) is 3.45. The SMILES string of the molecule is CC(C)N(C)C(=O)CN1C(=O)C(=O)c2c(F)cc(F)cc21. The van der Waals surface area contributed by atoms with Crippen LogP contribution in [0.25, 0.3) is 0 Å². The van der Waals surface area contributed by atoms with Gasteiger partial charge in [-0.05, 0) is 19.9 Å². The molecule has 1 aromatic rings. The maximum atomic E-state index is 13.6. The van der Waals surface area contributed by atoms with Crippen LogP contribution in [0.1, 0.15) is 24.2 Å². The first-order chi connectivity index (χ1) is 9.73. The van der Waals surface area contributed by atoms with Gasteiger partial charge in [0.2, 0.25) is 5.91 Å². The van der Waals surface area contributed by atoms with E-state index in [9.17, 15) is 23.2 Å².